The minimum Gasteiger partial charge on any atom is -0.469 e. The van der Waals surface area contributed by atoms with E-state index in [1.165, 1.54) is 7.11 Å². The molecule has 2 rings (SSSR count). The number of rotatable bonds is 5. The Labute approximate surface area is 123 Å². The van der Waals surface area contributed by atoms with E-state index in [1.54, 1.807) is 11.0 Å². The molecule has 1 aromatic heterocycles. The third-order valence-electron chi connectivity index (χ3n) is 3.30. The summed E-state index contributed by atoms with van der Waals surface area (Å²) in [7, 11) is 1.34. The van der Waals surface area contributed by atoms with Crippen LogP contribution in [0.2, 0.25) is 0 Å². The molecule has 5 heteroatoms. The summed E-state index contributed by atoms with van der Waals surface area (Å²) in [5.41, 5.74) is 1.17. The number of para-hydroxylation sites is 1. The molecule has 0 atom stereocenters. The number of amides is 1. The van der Waals surface area contributed by atoms with Crippen molar-refractivity contribution in [3.05, 3.63) is 42.1 Å². The Hall–Kier alpha value is -2.43. The van der Waals surface area contributed by atoms with Crippen LogP contribution in [-0.4, -0.2) is 42.0 Å². The highest BCUT2D eigenvalue weighted by Crippen LogP contribution is 2.13. The number of nitrogens with zero attached hydrogens (tertiary/aromatic N) is 2. The van der Waals surface area contributed by atoms with Crippen molar-refractivity contribution in [2.24, 2.45) is 0 Å². The Bertz CT molecular complexity index is 655. The summed E-state index contributed by atoms with van der Waals surface area (Å²) < 4.78 is 4.60. The number of pyridine rings is 1. The topological polar surface area (TPSA) is 59.5 Å². The molecule has 0 saturated carbocycles. The van der Waals surface area contributed by atoms with Crippen molar-refractivity contribution in [2.75, 3.05) is 20.2 Å². The van der Waals surface area contributed by atoms with Crippen LogP contribution in [-0.2, 0) is 9.53 Å². The number of hydrogen-bond acceptors (Lipinski definition) is 4. The smallest absolute Gasteiger partial charge is 0.307 e. The van der Waals surface area contributed by atoms with E-state index in [0.29, 0.717) is 18.8 Å². The van der Waals surface area contributed by atoms with Gasteiger partial charge in [0.1, 0.15) is 5.69 Å². The Kier molecular flexibility index (Phi) is 4.87. The summed E-state index contributed by atoms with van der Waals surface area (Å²) in [6.45, 7) is 2.72. The lowest BCUT2D eigenvalue weighted by Crippen LogP contribution is -2.33. The number of hydrogen-bond donors (Lipinski definition) is 0. The van der Waals surface area contributed by atoms with Gasteiger partial charge < -0.3 is 9.64 Å². The first-order valence-corrected chi connectivity index (χ1v) is 6.87. The highest BCUT2D eigenvalue weighted by molar-refractivity contribution is 5.95. The monoisotopic (exact) mass is 286 g/mol. The fourth-order valence-electron chi connectivity index (χ4n) is 2.08. The van der Waals surface area contributed by atoms with Crippen molar-refractivity contribution in [1.29, 1.82) is 0 Å². The number of carbonyl (C=O) groups excluding carboxylic acids is 2. The Morgan fingerprint density at radius 1 is 1.19 bits per heavy atom. The SMILES string of the molecule is CCN(CCC(=O)OC)C(=O)c1ccc2ccccc2n1. The molecule has 110 valence electrons. The van der Waals surface area contributed by atoms with Crippen molar-refractivity contribution in [2.45, 2.75) is 13.3 Å². The molecule has 1 heterocycles. The molecule has 0 bridgehead atoms. The lowest BCUT2D eigenvalue weighted by atomic mass is 10.2. The number of ether oxygens (including phenoxy) is 1. The molecular formula is C16H18N2O3. The third kappa shape index (κ3) is 3.56. The van der Waals surface area contributed by atoms with E-state index in [9.17, 15) is 9.59 Å². The molecule has 0 aliphatic heterocycles. The lowest BCUT2D eigenvalue weighted by molar-refractivity contribution is -0.140. The average molecular weight is 286 g/mol. The number of fused-ring (bicyclic) bond motifs is 1. The fourth-order valence-corrected chi connectivity index (χ4v) is 2.08. The van der Waals surface area contributed by atoms with E-state index in [4.69, 9.17) is 0 Å². The first kappa shape index (κ1) is 15.0. The van der Waals surface area contributed by atoms with Gasteiger partial charge in [-0.15, -0.1) is 0 Å². The van der Waals surface area contributed by atoms with Gasteiger partial charge in [0.2, 0.25) is 0 Å². The number of esters is 1. The van der Waals surface area contributed by atoms with Gasteiger partial charge >= 0.3 is 5.97 Å². The summed E-state index contributed by atoms with van der Waals surface area (Å²) in [4.78, 5) is 29.6. The van der Waals surface area contributed by atoms with Gasteiger partial charge in [-0.1, -0.05) is 24.3 Å². The van der Waals surface area contributed by atoms with Gasteiger partial charge in [0.05, 0.1) is 19.0 Å². The second-order valence-corrected chi connectivity index (χ2v) is 4.60. The van der Waals surface area contributed by atoms with Crippen LogP contribution < -0.4 is 0 Å². The number of benzene rings is 1. The van der Waals surface area contributed by atoms with Gasteiger partial charge in [0.15, 0.2) is 0 Å². The third-order valence-corrected chi connectivity index (χ3v) is 3.30. The molecule has 0 spiro atoms. The first-order valence-electron chi connectivity index (χ1n) is 6.87. The number of aromatic nitrogens is 1. The van der Waals surface area contributed by atoms with Crippen LogP contribution in [0.4, 0.5) is 0 Å². The van der Waals surface area contributed by atoms with E-state index in [1.807, 2.05) is 37.3 Å². The molecule has 0 N–H and O–H groups in total. The Morgan fingerprint density at radius 2 is 1.95 bits per heavy atom. The van der Waals surface area contributed by atoms with Gasteiger partial charge in [0, 0.05) is 18.5 Å². The minimum absolute atomic E-state index is 0.174. The second-order valence-electron chi connectivity index (χ2n) is 4.60. The maximum absolute atomic E-state index is 12.4. The number of methoxy groups -OCH3 is 1. The van der Waals surface area contributed by atoms with Crippen LogP contribution in [0.15, 0.2) is 36.4 Å². The van der Waals surface area contributed by atoms with Crippen LogP contribution >= 0.6 is 0 Å². The Morgan fingerprint density at radius 3 is 2.67 bits per heavy atom. The molecule has 2 aromatic rings. The molecule has 21 heavy (non-hydrogen) atoms. The Balaban J connectivity index is 2.16. The average Bonchev–Trinajstić information content (AvgIpc) is 2.54. The molecule has 0 radical (unpaired) electrons. The van der Waals surface area contributed by atoms with Crippen molar-refractivity contribution in [1.82, 2.24) is 9.88 Å². The van der Waals surface area contributed by atoms with E-state index >= 15 is 0 Å². The maximum Gasteiger partial charge on any atom is 0.307 e. The first-order chi connectivity index (χ1) is 10.2. The maximum atomic E-state index is 12.4. The molecule has 5 nitrogen and oxygen atoms in total. The van der Waals surface area contributed by atoms with E-state index < -0.39 is 0 Å². The quantitative estimate of drug-likeness (QED) is 0.791. The molecule has 0 fully saturated rings. The van der Waals surface area contributed by atoms with Crippen LogP contribution in [0.3, 0.4) is 0 Å². The predicted octanol–water partition coefficient (Wildman–Crippen LogP) is 2.26. The lowest BCUT2D eigenvalue weighted by Gasteiger charge is -2.19. The molecule has 1 aromatic carbocycles. The molecular weight excluding hydrogens is 268 g/mol. The molecule has 0 saturated heterocycles. The van der Waals surface area contributed by atoms with Gasteiger partial charge in [-0.25, -0.2) is 4.98 Å². The van der Waals surface area contributed by atoms with Gasteiger partial charge in [-0.05, 0) is 19.1 Å². The van der Waals surface area contributed by atoms with Crippen LogP contribution in [0.25, 0.3) is 10.9 Å². The van der Waals surface area contributed by atoms with Crippen molar-refractivity contribution in [3.8, 4) is 0 Å². The van der Waals surface area contributed by atoms with Gasteiger partial charge in [0.25, 0.3) is 5.91 Å². The summed E-state index contributed by atoms with van der Waals surface area (Å²) in [5.74, 6) is -0.500. The zero-order chi connectivity index (χ0) is 15.2. The second kappa shape index (κ2) is 6.83. The van der Waals surface area contributed by atoms with E-state index in [0.717, 1.165) is 10.9 Å². The van der Waals surface area contributed by atoms with E-state index in [-0.39, 0.29) is 18.3 Å². The molecule has 0 unspecified atom stereocenters. The molecule has 1 amide bonds. The van der Waals surface area contributed by atoms with Crippen molar-refractivity contribution >= 4 is 22.8 Å². The zero-order valence-corrected chi connectivity index (χ0v) is 12.2. The van der Waals surface area contributed by atoms with Gasteiger partial charge in [-0.3, -0.25) is 9.59 Å². The van der Waals surface area contributed by atoms with Crippen LogP contribution in [0.5, 0.6) is 0 Å². The zero-order valence-electron chi connectivity index (χ0n) is 12.2. The van der Waals surface area contributed by atoms with Gasteiger partial charge in [-0.2, -0.15) is 0 Å². The normalized spacial score (nSPS) is 10.4. The minimum atomic E-state index is -0.326. The fraction of sp³-hybridized carbons (Fsp3) is 0.312. The summed E-state index contributed by atoms with van der Waals surface area (Å²) in [6.07, 6.45) is 0.184. The highest BCUT2D eigenvalue weighted by atomic mass is 16.5. The molecule has 0 aliphatic carbocycles. The highest BCUT2D eigenvalue weighted by Gasteiger charge is 2.17. The molecule has 0 aliphatic rings. The predicted molar refractivity (Wildman–Crippen MR) is 80.0 cm³/mol. The summed E-state index contributed by atoms with van der Waals surface area (Å²) >= 11 is 0. The van der Waals surface area contributed by atoms with Crippen LogP contribution in [0.1, 0.15) is 23.8 Å². The summed E-state index contributed by atoms with van der Waals surface area (Å²) in [6, 6.07) is 11.2. The largest absolute Gasteiger partial charge is 0.469 e. The summed E-state index contributed by atoms with van der Waals surface area (Å²) in [5, 5.41) is 0.992. The van der Waals surface area contributed by atoms with Crippen molar-refractivity contribution < 1.29 is 14.3 Å². The van der Waals surface area contributed by atoms with Crippen molar-refractivity contribution in [3.63, 3.8) is 0 Å². The number of carbonyl (C=O) groups is 2. The standard InChI is InChI=1S/C16H18N2O3/c1-3-18(11-10-15(19)21-2)16(20)14-9-8-12-6-4-5-7-13(12)17-14/h4-9H,3,10-11H2,1-2H3. The van der Waals surface area contributed by atoms with Crippen LogP contribution in [0, 0.1) is 0 Å². The van der Waals surface area contributed by atoms with E-state index in [2.05, 4.69) is 9.72 Å².